The van der Waals surface area contributed by atoms with Crippen LogP contribution in [0.3, 0.4) is 0 Å². The van der Waals surface area contributed by atoms with Gasteiger partial charge in [-0.1, -0.05) is 209 Å². The van der Waals surface area contributed by atoms with Crippen LogP contribution in [0.25, 0.3) is 0 Å². The zero-order valence-corrected chi connectivity index (χ0v) is 39.7. The Morgan fingerprint density at radius 2 is 0.750 bits per heavy atom. The SMILES string of the molecule is CC/C=C\C/C=C\C/C=C\C/C=C\CCCCCOCC(COC(=O)CCCCCCCCCCC/C=C\C/C=C\CCCCC)OC(=O)CCCCCCCCCCC. The smallest absolute Gasteiger partial charge is 0.306 e. The predicted molar refractivity (Wildman–Crippen MR) is 260 cm³/mol. The summed E-state index contributed by atoms with van der Waals surface area (Å²) in [5.41, 5.74) is 0. The van der Waals surface area contributed by atoms with Crippen LogP contribution in [0.5, 0.6) is 0 Å². The molecule has 0 aromatic carbocycles. The minimum Gasteiger partial charge on any atom is -0.462 e. The normalized spacial score (nSPS) is 12.8. The zero-order valence-electron chi connectivity index (χ0n) is 39.7. The van der Waals surface area contributed by atoms with Gasteiger partial charge in [-0.05, 0) is 89.9 Å². The molecule has 60 heavy (non-hydrogen) atoms. The van der Waals surface area contributed by atoms with E-state index in [9.17, 15) is 9.59 Å². The van der Waals surface area contributed by atoms with Crippen molar-refractivity contribution >= 4 is 11.9 Å². The second-order valence-electron chi connectivity index (χ2n) is 16.7. The van der Waals surface area contributed by atoms with Gasteiger partial charge in [0.25, 0.3) is 0 Å². The third kappa shape index (κ3) is 48.0. The Balaban J connectivity index is 4.23. The van der Waals surface area contributed by atoms with E-state index in [0.29, 0.717) is 19.4 Å². The summed E-state index contributed by atoms with van der Waals surface area (Å²) in [5, 5.41) is 0. The van der Waals surface area contributed by atoms with Gasteiger partial charge in [0.15, 0.2) is 6.10 Å². The highest BCUT2D eigenvalue weighted by Crippen LogP contribution is 2.14. The molecule has 5 nitrogen and oxygen atoms in total. The van der Waals surface area contributed by atoms with E-state index >= 15 is 0 Å². The van der Waals surface area contributed by atoms with E-state index in [-0.39, 0.29) is 25.2 Å². The summed E-state index contributed by atoms with van der Waals surface area (Å²) in [4.78, 5) is 25.3. The van der Waals surface area contributed by atoms with E-state index in [0.717, 1.165) is 83.5 Å². The van der Waals surface area contributed by atoms with E-state index in [2.05, 4.69) is 93.7 Å². The van der Waals surface area contributed by atoms with Crippen LogP contribution in [0.15, 0.2) is 72.9 Å². The topological polar surface area (TPSA) is 61.8 Å². The number of hydrogen-bond donors (Lipinski definition) is 0. The molecule has 0 rings (SSSR count). The standard InChI is InChI=1S/C55H96O5/c1-4-7-10-13-16-19-21-23-25-27-28-29-30-32-34-37-39-42-45-48-54(56)59-52-53(60-55(57)49-46-43-40-36-18-15-12-9-6-3)51-58-50-47-44-41-38-35-33-31-26-24-22-20-17-14-11-8-5-2/h8,11,16-17,19-20,23-26,33,35,53H,4-7,9-10,12-15,18,21-22,27-32,34,36-52H2,1-3H3/b11-8-,19-16-,20-17-,25-23-,26-24-,35-33-. The van der Waals surface area contributed by atoms with Gasteiger partial charge in [0.1, 0.15) is 6.61 Å². The van der Waals surface area contributed by atoms with E-state index in [4.69, 9.17) is 14.2 Å². The van der Waals surface area contributed by atoms with E-state index in [1.807, 2.05) is 0 Å². The number of unbranched alkanes of at least 4 members (excludes halogenated alkanes) is 23. The summed E-state index contributed by atoms with van der Waals surface area (Å²) in [6.07, 6.45) is 64.8. The molecule has 0 aliphatic carbocycles. The molecule has 0 N–H and O–H groups in total. The summed E-state index contributed by atoms with van der Waals surface area (Å²) in [6, 6.07) is 0. The van der Waals surface area contributed by atoms with Crippen molar-refractivity contribution < 1.29 is 23.8 Å². The Morgan fingerprint density at radius 1 is 0.383 bits per heavy atom. The number of allylic oxidation sites excluding steroid dienone is 12. The fraction of sp³-hybridized carbons (Fsp3) is 0.745. The minimum atomic E-state index is -0.553. The molecule has 0 saturated carbocycles. The highest BCUT2D eigenvalue weighted by Gasteiger charge is 2.17. The molecular weight excluding hydrogens is 741 g/mol. The highest BCUT2D eigenvalue weighted by molar-refractivity contribution is 5.70. The van der Waals surface area contributed by atoms with Gasteiger partial charge in [0.2, 0.25) is 0 Å². The summed E-state index contributed by atoms with van der Waals surface area (Å²) in [6.45, 7) is 7.61. The summed E-state index contributed by atoms with van der Waals surface area (Å²) >= 11 is 0. The van der Waals surface area contributed by atoms with Crippen LogP contribution in [0.4, 0.5) is 0 Å². The Hall–Kier alpha value is -2.66. The number of ether oxygens (including phenoxy) is 3. The van der Waals surface area contributed by atoms with E-state index < -0.39 is 6.10 Å². The molecule has 0 spiro atoms. The number of carbonyl (C=O) groups excluding carboxylic acids is 2. The lowest BCUT2D eigenvalue weighted by molar-refractivity contribution is -0.163. The number of rotatable bonds is 46. The Labute approximate surface area is 372 Å². The van der Waals surface area contributed by atoms with Crippen molar-refractivity contribution in [3.63, 3.8) is 0 Å². The third-order valence-corrected chi connectivity index (χ3v) is 10.7. The molecule has 0 heterocycles. The van der Waals surface area contributed by atoms with Gasteiger partial charge in [-0.2, -0.15) is 0 Å². The highest BCUT2D eigenvalue weighted by atomic mass is 16.6. The third-order valence-electron chi connectivity index (χ3n) is 10.7. The average Bonchev–Trinajstić information content (AvgIpc) is 3.25. The van der Waals surface area contributed by atoms with Crippen molar-refractivity contribution in [2.24, 2.45) is 0 Å². The van der Waals surface area contributed by atoms with Crippen molar-refractivity contribution in [1.29, 1.82) is 0 Å². The monoisotopic (exact) mass is 837 g/mol. The van der Waals surface area contributed by atoms with Crippen LogP contribution in [0.2, 0.25) is 0 Å². The quantitative estimate of drug-likeness (QED) is 0.0347. The lowest BCUT2D eigenvalue weighted by Gasteiger charge is -2.18. The van der Waals surface area contributed by atoms with Crippen LogP contribution in [-0.2, 0) is 23.8 Å². The minimum absolute atomic E-state index is 0.0696. The largest absolute Gasteiger partial charge is 0.462 e. The molecule has 0 aromatic heterocycles. The van der Waals surface area contributed by atoms with Crippen LogP contribution < -0.4 is 0 Å². The molecular formula is C55H96O5. The van der Waals surface area contributed by atoms with Crippen molar-refractivity contribution in [1.82, 2.24) is 0 Å². The maximum Gasteiger partial charge on any atom is 0.306 e. The van der Waals surface area contributed by atoms with Crippen molar-refractivity contribution in [3.8, 4) is 0 Å². The number of carbonyl (C=O) groups is 2. The average molecular weight is 837 g/mol. The van der Waals surface area contributed by atoms with Gasteiger partial charge in [-0.3, -0.25) is 9.59 Å². The van der Waals surface area contributed by atoms with E-state index in [1.54, 1.807) is 0 Å². The molecule has 0 radical (unpaired) electrons. The van der Waals surface area contributed by atoms with Gasteiger partial charge in [-0.25, -0.2) is 0 Å². The molecule has 0 aromatic rings. The molecule has 0 aliphatic rings. The van der Waals surface area contributed by atoms with Crippen LogP contribution in [0, 0.1) is 0 Å². The van der Waals surface area contributed by atoms with Crippen LogP contribution >= 0.6 is 0 Å². The Kier molecular flexibility index (Phi) is 48.4. The molecule has 0 bridgehead atoms. The molecule has 1 unspecified atom stereocenters. The van der Waals surface area contributed by atoms with Crippen LogP contribution in [0.1, 0.15) is 239 Å². The maximum absolute atomic E-state index is 12.7. The number of esters is 2. The molecule has 346 valence electrons. The summed E-state index contributed by atoms with van der Waals surface area (Å²) in [5.74, 6) is -0.420. The van der Waals surface area contributed by atoms with Gasteiger partial charge < -0.3 is 14.2 Å². The predicted octanol–water partition coefficient (Wildman–Crippen LogP) is 17.1. The van der Waals surface area contributed by atoms with Crippen molar-refractivity contribution in [3.05, 3.63) is 72.9 Å². The van der Waals surface area contributed by atoms with Crippen LogP contribution in [-0.4, -0.2) is 37.9 Å². The van der Waals surface area contributed by atoms with Gasteiger partial charge in [0.05, 0.1) is 6.61 Å². The molecule has 0 fully saturated rings. The first-order valence-electron chi connectivity index (χ1n) is 25.5. The fourth-order valence-electron chi connectivity index (χ4n) is 6.94. The van der Waals surface area contributed by atoms with Crippen molar-refractivity contribution in [2.45, 2.75) is 245 Å². The second-order valence-corrected chi connectivity index (χ2v) is 16.7. The van der Waals surface area contributed by atoms with Crippen molar-refractivity contribution in [2.75, 3.05) is 19.8 Å². The first-order valence-corrected chi connectivity index (χ1v) is 25.5. The second kappa shape index (κ2) is 50.7. The lowest BCUT2D eigenvalue weighted by Crippen LogP contribution is -2.30. The summed E-state index contributed by atoms with van der Waals surface area (Å²) in [7, 11) is 0. The summed E-state index contributed by atoms with van der Waals surface area (Å²) < 4.78 is 17.3. The fourth-order valence-corrected chi connectivity index (χ4v) is 6.94. The van der Waals surface area contributed by atoms with Gasteiger partial charge >= 0.3 is 11.9 Å². The molecule has 5 heteroatoms. The Bertz CT molecular complexity index is 1080. The molecule has 1 atom stereocenters. The zero-order chi connectivity index (χ0) is 43.5. The first kappa shape index (κ1) is 57.3. The molecule has 0 saturated heterocycles. The number of hydrogen-bond acceptors (Lipinski definition) is 5. The first-order chi connectivity index (χ1) is 29.6. The van der Waals surface area contributed by atoms with Gasteiger partial charge in [0, 0.05) is 19.4 Å². The Morgan fingerprint density at radius 3 is 1.23 bits per heavy atom. The van der Waals surface area contributed by atoms with E-state index in [1.165, 1.54) is 122 Å². The molecule has 0 amide bonds. The molecule has 0 aliphatic heterocycles. The van der Waals surface area contributed by atoms with Gasteiger partial charge in [-0.15, -0.1) is 0 Å². The maximum atomic E-state index is 12.7. The lowest BCUT2D eigenvalue weighted by atomic mass is 10.1.